The number of rotatable bonds is 7. The Kier molecular flexibility index (Phi) is 10.4. The second-order valence-electron chi connectivity index (χ2n) is 5.55. The van der Waals surface area contributed by atoms with E-state index in [4.69, 9.17) is 4.99 Å². The first-order chi connectivity index (χ1) is 11.6. The highest BCUT2D eigenvalue weighted by molar-refractivity contribution is 14.0. The number of hydrogen-bond donors (Lipinski definition) is 1. The second-order valence-corrected chi connectivity index (χ2v) is 7.49. The first-order valence-corrected chi connectivity index (χ1v) is 10.3. The van der Waals surface area contributed by atoms with Crippen LogP contribution >= 0.6 is 47.1 Å². The quantitative estimate of drug-likeness (QED) is 0.270. The Morgan fingerprint density at radius 2 is 2.04 bits per heavy atom. The number of halogens is 1. The molecule has 0 aliphatic heterocycles. The number of thiazole rings is 1. The third-order valence-electron chi connectivity index (χ3n) is 3.57. The number of nitrogens with zero attached hydrogens (tertiary/aromatic N) is 3. The zero-order chi connectivity index (χ0) is 17.4. The summed E-state index contributed by atoms with van der Waals surface area (Å²) >= 11 is 3.46. The minimum absolute atomic E-state index is 0. The van der Waals surface area contributed by atoms with Crippen molar-refractivity contribution in [2.24, 2.45) is 4.99 Å². The molecule has 1 N–H and O–H groups in total. The molecule has 0 unspecified atom stereocenters. The lowest BCUT2D eigenvalue weighted by molar-refractivity contribution is 0.477. The number of hydrogen-bond acceptors (Lipinski definition) is 4. The van der Waals surface area contributed by atoms with Gasteiger partial charge >= 0.3 is 0 Å². The Labute approximate surface area is 176 Å². The van der Waals surface area contributed by atoms with Gasteiger partial charge in [-0.25, -0.2) is 4.98 Å². The molecule has 138 valence electrons. The lowest BCUT2D eigenvalue weighted by Gasteiger charge is -2.22. The molecule has 7 heteroatoms. The molecule has 0 saturated carbocycles. The summed E-state index contributed by atoms with van der Waals surface area (Å²) in [4.78, 5) is 12.7. The van der Waals surface area contributed by atoms with Gasteiger partial charge in [0.2, 0.25) is 0 Å². The van der Waals surface area contributed by atoms with Gasteiger partial charge in [0.25, 0.3) is 0 Å². The normalized spacial score (nSPS) is 11.1. The van der Waals surface area contributed by atoms with Crippen molar-refractivity contribution in [2.45, 2.75) is 31.7 Å². The van der Waals surface area contributed by atoms with Crippen LogP contribution in [0.5, 0.6) is 0 Å². The minimum Gasteiger partial charge on any atom is -0.357 e. The molecular weight excluding hydrogens is 463 g/mol. The zero-order valence-corrected chi connectivity index (χ0v) is 19.2. The lowest BCUT2D eigenvalue weighted by Crippen LogP contribution is -2.38. The van der Waals surface area contributed by atoms with Crippen LogP contribution in [0.4, 0.5) is 0 Å². The molecule has 0 aliphatic rings. The number of nitrogens with one attached hydrogen (secondary N) is 1. The largest absolute Gasteiger partial charge is 0.357 e. The third kappa shape index (κ3) is 7.53. The summed E-state index contributed by atoms with van der Waals surface area (Å²) in [5.74, 6) is 0.943. The molecule has 2 rings (SSSR count). The van der Waals surface area contributed by atoms with Gasteiger partial charge in [0, 0.05) is 43.4 Å². The number of aromatic nitrogens is 1. The van der Waals surface area contributed by atoms with Gasteiger partial charge in [0.1, 0.15) is 0 Å². The summed E-state index contributed by atoms with van der Waals surface area (Å²) in [5.41, 5.74) is 2.42. The molecule has 1 aromatic carbocycles. The van der Waals surface area contributed by atoms with E-state index in [1.807, 2.05) is 6.92 Å². The van der Waals surface area contributed by atoms with Gasteiger partial charge in [0.15, 0.2) is 5.96 Å². The number of aliphatic imine (C=N–C) groups is 1. The van der Waals surface area contributed by atoms with Gasteiger partial charge in [-0.2, -0.15) is 0 Å². The molecule has 25 heavy (non-hydrogen) atoms. The first-order valence-electron chi connectivity index (χ1n) is 8.15. The average molecular weight is 490 g/mol. The summed E-state index contributed by atoms with van der Waals surface area (Å²) in [5, 5.41) is 6.61. The maximum Gasteiger partial charge on any atom is 0.193 e. The number of benzene rings is 1. The standard InChI is InChI=1S/C18H26N4S2.HI/c1-5-19-18(20-11-10-16-13-24-14(2)21-16)22(3)12-15-6-8-17(23-4)9-7-15;/h6-9,13H,5,10-12H2,1-4H3,(H,19,20);1H. The monoisotopic (exact) mass is 490 g/mol. The molecule has 0 fully saturated rings. The van der Waals surface area contributed by atoms with Gasteiger partial charge < -0.3 is 10.2 Å². The number of guanidine groups is 1. The summed E-state index contributed by atoms with van der Waals surface area (Å²) in [6.07, 6.45) is 2.98. The van der Waals surface area contributed by atoms with E-state index in [9.17, 15) is 0 Å². The highest BCUT2D eigenvalue weighted by atomic mass is 127. The summed E-state index contributed by atoms with van der Waals surface area (Å²) < 4.78 is 0. The Bertz CT molecular complexity index is 655. The van der Waals surface area contributed by atoms with Crippen LogP contribution in [0.15, 0.2) is 39.5 Å². The van der Waals surface area contributed by atoms with Crippen molar-refractivity contribution < 1.29 is 0 Å². The van der Waals surface area contributed by atoms with E-state index in [0.29, 0.717) is 0 Å². The predicted octanol–water partition coefficient (Wildman–Crippen LogP) is 4.43. The lowest BCUT2D eigenvalue weighted by atomic mass is 10.2. The van der Waals surface area contributed by atoms with Gasteiger partial charge in [-0.05, 0) is 37.8 Å². The smallest absolute Gasteiger partial charge is 0.193 e. The fourth-order valence-electron chi connectivity index (χ4n) is 2.35. The van der Waals surface area contributed by atoms with Gasteiger partial charge in [-0.1, -0.05) is 12.1 Å². The van der Waals surface area contributed by atoms with Crippen LogP contribution in [-0.2, 0) is 13.0 Å². The van der Waals surface area contributed by atoms with Gasteiger partial charge in [-0.3, -0.25) is 4.99 Å². The van der Waals surface area contributed by atoms with Crippen LogP contribution in [0.1, 0.15) is 23.2 Å². The SMILES string of the molecule is CCNC(=NCCc1csc(C)n1)N(C)Cc1ccc(SC)cc1.I. The molecule has 0 aliphatic carbocycles. The highest BCUT2D eigenvalue weighted by Crippen LogP contribution is 2.15. The van der Waals surface area contributed by atoms with Crippen molar-refractivity contribution in [3.05, 3.63) is 45.9 Å². The molecule has 2 aromatic rings. The molecule has 0 amide bonds. The summed E-state index contributed by atoms with van der Waals surface area (Å²) in [6, 6.07) is 8.71. The van der Waals surface area contributed by atoms with E-state index in [2.05, 4.69) is 65.1 Å². The van der Waals surface area contributed by atoms with Crippen molar-refractivity contribution in [1.82, 2.24) is 15.2 Å². The predicted molar refractivity (Wildman–Crippen MR) is 122 cm³/mol. The first kappa shape index (κ1) is 22.2. The topological polar surface area (TPSA) is 40.5 Å². The zero-order valence-electron chi connectivity index (χ0n) is 15.3. The fourth-order valence-corrected chi connectivity index (χ4v) is 3.40. The molecule has 4 nitrogen and oxygen atoms in total. The molecule has 0 spiro atoms. The van der Waals surface area contributed by atoms with Crippen LogP contribution in [0.25, 0.3) is 0 Å². The van der Waals surface area contributed by atoms with E-state index >= 15 is 0 Å². The Hall–Kier alpha value is -0.800. The number of thioether (sulfide) groups is 1. The van der Waals surface area contributed by atoms with E-state index in [1.54, 1.807) is 23.1 Å². The van der Waals surface area contributed by atoms with Crippen LogP contribution in [0, 0.1) is 6.92 Å². The Morgan fingerprint density at radius 3 is 2.60 bits per heavy atom. The van der Waals surface area contributed by atoms with Crippen molar-refractivity contribution in [1.29, 1.82) is 0 Å². The molecule has 0 bridgehead atoms. The second kappa shape index (κ2) is 11.7. The molecule has 0 saturated heterocycles. The molecule has 0 radical (unpaired) electrons. The third-order valence-corrected chi connectivity index (χ3v) is 5.14. The minimum atomic E-state index is 0. The fraction of sp³-hybridized carbons (Fsp3) is 0.444. The molecule has 0 atom stereocenters. The Morgan fingerprint density at radius 1 is 1.32 bits per heavy atom. The van der Waals surface area contributed by atoms with Gasteiger partial charge in [-0.15, -0.1) is 47.1 Å². The molecule has 1 aromatic heterocycles. The maximum absolute atomic E-state index is 4.74. The molecular formula is C18H27IN4S2. The van der Waals surface area contributed by atoms with Gasteiger partial charge in [0.05, 0.1) is 10.7 Å². The maximum atomic E-state index is 4.74. The van der Waals surface area contributed by atoms with Crippen molar-refractivity contribution >= 4 is 53.0 Å². The van der Waals surface area contributed by atoms with Crippen LogP contribution in [-0.4, -0.2) is 42.2 Å². The molecule has 1 heterocycles. The van der Waals surface area contributed by atoms with E-state index < -0.39 is 0 Å². The summed E-state index contributed by atoms with van der Waals surface area (Å²) in [6.45, 7) is 6.60. The van der Waals surface area contributed by atoms with Crippen LogP contribution in [0.2, 0.25) is 0 Å². The van der Waals surface area contributed by atoms with Crippen molar-refractivity contribution in [3.8, 4) is 0 Å². The Balaban J connectivity index is 0.00000312. The van der Waals surface area contributed by atoms with Crippen molar-refractivity contribution in [3.63, 3.8) is 0 Å². The van der Waals surface area contributed by atoms with E-state index in [1.165, 1.54) is 10.5 Å². The van der Waals surface area contributed by atoms with E-state index in [-0.39, 0.29) is 24.0 Å². The number of aryl methyl sites for hydroxylation is 1. The highest BCUT2D eigenvalue weighted by Gasteiger charge is 2.07. The summed E-state index contributed by atoms with van der Waals surface area (Å²) in [7, 11) is 2.08. The van der Waals surface area contributed by atoms with Crippen LogP contribution < -0.4 is 5.32 Å². The van der Waals surface area contributed by atoms with E-state index in [0.717, 1.165) is 42.7 Å². The average Bonchev–Trinajstić information content (AvgIpc) is 3.00. The van der Waals surface area contributed by atoms with Crippen LogP contribution in [0.3, 0.4) is 0 Å². The van der Waals surface area contributed by atoms with Crippen molar-refractivity contribution in [2.75, 3.05) is 26.4 Å².